The van der Waals surface area contributed by atoms with Crippen molar-refractivity contribution in [1.82, 2.24) is 15.5 Å². The lowest BCUT2D eigenvalue weighted by molar-refractivity contribution is -0.137. The van der Waals surface area contributed by atoms with Crippen molar-refractivity contribution in [2.24, 2.45) is 0 Å². The third-order valence-electron chi connectivity index (χ3n) is 4.66. The third kappa shape index (κ3) is 6.17. The molecule has 1 amide bonds. The lowest BCUT2D eigenvalue weighted by Crippen LogP contribution is -2.27. The van der Waals surface area contributed by atoms with Crippen LogP contribution in [0.5, 0.6) is 0 Å². The molecule has 0 aliphatic carbocycles. The molecule has 158 valence electrons. The molecule has 0 saturated heterocycles. The summed E-state index contributed by atoms with van der Waals surface area (Å²) >= 11 is 0. The highest BCUT2D eigenvalue weighted by Gasteiger charge is 2.30. The largest absolute Gasteiger partial charge is 0.425 e. The van der Waals surface area contributed by atoms with E-state index in [9.17, 15) is 18.0 Å². The summed E-state index contributed by atoms with van der Waals surface area (Å²) in [4.78, 5) is 12.1. The second-order valence-electron chi connectivity index (χ2n) is 7.08. The number of rotatable bonds is 8. The zero-order chi connectivity index (χ0) is 21.6. The highest BCUT2D eigenvalue weighted by Crippen LogP contribution is 2.29. The highest BCUT2D eigenvalue weighted by molar-refractivity contribution is 5.76. The highest BCUT2D eigenvalue weighted by atomic mass is 19.4. The van der Waals surface area contributed by atoms with E-state index >= 15 is 0 Å². The number of amides is 1. The average Bonchev–Trinajstić information content (AvgIpc) is 3.18. The molecule has 0 spiro atoms. The van der Waals surface area contributed by atoms with E-state index in [1.165, 1.54) is 6.07 Å². The number of nitrogens with zero attached hydrogens (tertiary/aromatic N) is 2. The SMILES string of the molecule is CC(CNC(=O)CCc1nnc(Cc2cccc(C(F)(F)F)c2)o1)c1ccccc1. The second kappa shape index (κ2) is 9.56. The van der Waals surface area contributed by atoms with E-state index in [2.05, 4.69) is 15.5 Å². The van der Waals surface area contributed by atoms with Crippen LogP contribution in [-0.4, -0.2) is 22.6 Å². The van der Waals surface area contributed by atoms with Crippen molar-refractivity contribution < 1.29 is 22.4 Å². The molecule has 1 heterocycles. The van der Waals surface area contributed by atoms with E-state index in [0.29, 0.717) is 12.1 Å². The van der Waals surface area contributed by atoms with Crippen molar-refractivity contribution in [2.75, 3.05) is 6.54 Å². The molecular formula is C22H22F3N3O2. The fraction of sp³-hybridized carbons (Fsp3) is 0.318. The Labute approximate surface area is 172 Å². The van der Waals surface area contributed by atoms with Gasteiger partial charge in [0, 0.05) is 19.4 Å². The van der Waals surface area contributed by atoms with Gasteiger partial charge < -0.3 is 9.73 Å². The van der Waals surface area contributed by atoms with Gasteiger partial charge in [0.15, 0.2) is 0 Å². The summed E-state index contributed by atoms with van der Waals surface area (Å²) in [6.07, 6.45) is -3.85. The molecule has 0 saturated carbocycles. The van der Waals surface area contributed by atoms with E-state index in [0.717, 1.165) is 17.7 Å². The van der Waals surface area contributed by atoms with E-state index in [1.54, 1.807) is 6.07 Å². The molecule has 0 fully saturated rings. The molecule has 3 aromatic rings. The van der Waals surface area contributed by atoms with Gasteiger partial charge in [0.25, 0.3) is 0 Å². The lowest BCUT2D eigenvalue weighted by Gasteiger charge is -2.12. The number of aromatic nitrogens is 2. The Balaban J connectivity index is 1.47. The maximum atomic E-state index is 12.8. The third-order valence-corrected chi connectivity index (χ3v) is 4.66. The minimum Gasteiger partial charge on any atom is -0.425 e. The maximum Gasteiger partial charge on any atom is 0.416 e. The first-order valence-electron chi connectivity index (χ1n) is 9.60. The average molecular weight is 417 g/mol. The zero-order valence-electron chi connectivity index (χ0n) is 16.4. The maximum absolute atomic E-state index is 12.8. The van der Waals surface area contributed by atoms with E-state index in [1.807, 2.05) is 37.3 Å². The van der Waals surface area contributed by atoms with Crippen LogP contribution < -0.4 is 5.32 Å². The van der Waals surface area contributed by atoms with E-state index in [4.69, 9.17) is 4.42 Å². The van der Waals surface area contributed by atoms with Gasteiger partial charge in [0.2, 0.25) is 17.7 Å². The smallest absolute Gasteiger partial charge is 0.416 e. The fourth-order valence-electron chi connectivity index (χ4n) is 2.97. The van der Waals surface area contributed by atoms with Crippen molar-refractivity contribution in [2.45, 2.75) is 38.3 Å². The van der Waals surface area contributed by atoms with Crippen molar-refractivity contribution >= 4 is 5.91 Å². The molecule has 2 aromatic carbocycles. The Hall–Kier alpha value is -3.16. The monoisotopic (exact) mass is 417 g/mol. The molecule has 30 heavy (non-hydrogen) atoms. The van der Waals surface area contributed by atoms with Gasteiger partial charge in [0.05, 0.1) is 12.0 Å². The van der Waals surface area contributed by atoms with Gasteiger partial charge in [-0.1, -0.05) is 55.5 Å². The van der Waals surface area contributed by atoms with Crippen LogP contribution in [0.2, 0.25) is 0 Å². The van der Waals surface area contributed by atoms with Gasteiger partial charge >= 0.3 is 6.18 Å². The van der Waals surface area contributed by atoms with Gasteiger partial charge in [-0.15, -0.1) is 10.2 Å². The van der Waals surface area contributed by atoms with Crippen LogP contribution >= 0.6 is 0 Å². The number of benzene rings is 2. The first-order chi connectivity index (χ1) is 14.3. The molecular weight excluding hydrogens is 395 g/mol. The molecule has 0 bridgehead atoms. The normalized spacial score (nSPS) is 12.5. The first kappa shape index (κ1) is 21.5. The topological polar surface area (TPSA) is 68.0 Å². The number of carbonyl (C=O) groups excluding carboxylic acids is 1. The van der Waals surface area contributed by atoms with Gasteiger partial charge in [0.1, 0.15) is 0 Å². The first-order valence-corrected chi connectivity index (χ1v) is 9.60. The van der Waals surface area contributed by atoms with Crippen molar-refractivity contribution in [1.29, 1.82) is 0 Å². The number of aryl methyl sites for hydroxylation is 1. The van der Waals surface area contributed by atoms with E-state index < -0.39 is 11.7 Å². The molecule has 0 aliphatic heterocycles. The van der Waals surface area contributed by atoms with Gasteiger partial charge in [-0.3, -0.25) is 4.79 Å². The summed E-state index contributed by atoms with van der Waals surface area (Å²) in [6.45, 7) is 2.56. The standard InChI is InChI=1S/C22H22F3N3O2/c1-15(17-7-3-2-4-8-17)14-26-19(29)10-11-20-27-28-21(30-20)13-16-6-5-9-18(12-16)22(23,24)25/h2-9,12,15H,10-11,13-14H2,1H3,(H,26,29). The van der Waals surface area contributed by atoms with Gasteiger partial charge in [-0.25, -0.2) is 0 Å². The summed E-state index contributed by atoms with van der Waals surface area (Å²) in [5.41, 5.74) is 0.850. The molecule has 5 nitrogen and oxygen atoms in total. The summed E-state index contributed by atoms with van der Waals surface area (Å²) in [5.74, 6) is 0.554. The van der Waals surface area contributed by atoms with Crippen molar-refractivity contribution in [3.05, 3.63) is 83.1 Å². The number of halogens is 3. The Morgan fingerprint density at radius 3 is 2.53 bits per heavy atom. The molecule has 8 heteroatoms. The summed E-state index contributed by atoms with van der Waals surface area (Å²) < 4.78 is 43.9. The van der Waals surface area contributed by atoms with E-state index in [-0.39, 0.29) is 42.9 Å². The molecule has 0 aliphatic rings. The van der Waals surface area contributed by atoms with Crippen LogP contribution in [0.3, 0.4) is 0 Å². The minimum atomic E-state index is -4.40. The molecule has 0 radical (unpaired) electrons. The Morgan fingerprint density at radius 1 is 1.07 bits per heavy atom. The molecule has 1 N–H and O–H groups in total. The number of nitrogens with one attached hydrogen (secondary N) is 1. The van der Waals surface area contributed by atoms with Crippen LogP contribution in [0.4, 0.5) is 13.2 Å². The van der Waals surface area contributed by atoms with Crippen LogP contribution in [0.25, 0.3) is 0 Å². The Bertz CT molecular complexity index is 971. The summed E-state index contributed by atoms with van der Waals surface area (Å²) in [5, 5.41) is 10.6. The Morgan fingerprint density at radius 2 is 1.80 bits per heavy atom. The second-order valence-corrected chi connectivity index (χ2v) is 7.08. The van der Waals surface area contributed by atoms with Crippen LogP contribution in [0, 0.1) is 0 Å². The number of hydrogen-bond donors (Lipinski definition) is 1. The summed E-state index contributed by atoms with van der Waals surface area (Å²) in [6, 6.07) is 14.9. The van der Waals surface area contributed by atoms with Crippen molar-refractivity contribution in [3.63, 3.8) is 0 Å². The predicted molar refractivity (Wildman–Crippen MR) is 105 cm³/mol. The predicted octanol–water partition coefficient (Wildman–Crippen LogP) is 4.53. The molecule has 1 atom stereocenters. The minimum absolute atomic E-state index is 0.0949. The molecule has 3 rings (SSSR count). The molecule has 1 unspecified atom stereocenters. The zero-order valence-corrected chi connectivity index (χ0v) is 16.4. The summed E-state index contributed by atoms with van der Waals surface area (Å²) in [7, 11) is 0. The Kier molecular flexibility index (Phi) is 6.87. The number of alkyl halides is 3. The van der Waals surface area contributed by atoms with Gasteiger partial charge in [-0.2, -0.15) is 13.2 Å². The fourth-order valence-corrected chi connectivity index (χ4v) is 2.97. The number of hydrogen-bond acceptors (Lipinski definition) is 4. The van der Waals surface area contributed by atoms with Gasteiger partial charge in [-0.05, 0) is 23.1 Å². The lowest BCUT2D eigenvalue weighted by atomic mass is 10.0. The van der Waals surface area contributed by atoms with Crippen LogP contribution in [-0.2, 0) is 23.8 Å². The molecule has 1 aromatic heterocycles. The number of carbonyl (C=O) groups is 1. The van der Waals surface area contributed by atoms with Crippen molar-refractivity contribution in [3.8, 4) is 0 Å². The van der Waals surface area contributed by atoms with Crippen LogP contribution in [0.1, 0.15) is 47.7 Å². The van der Waals surface area contributed by atoms with Crippen LogP contribution in [0.15, 0.2) is 59.0 Å². The quantitative estimate of drug-likeness (QED) is 0.585.